The number of halogens is 3. The van der Waals surface area contributed by atoms with Crippen LogP contribution in [0.2, 0.25) is 0 Å². The largest absolute Gasteiger partial charge is 0.416 e. The Kier molecular flexibility index (Phi) is 5.90. The summed E-state index contributed by atoms with van der Waals surface area (Å²) in [5, 5.41) is 12.8. The zero-order valence-corrected chi connectivity index (χ0v) is 16.9. The number of hydrogen-bond donors (Lipinski definition) is 2. The van der Waals surface area contributed by atoms with Crippen molar-refractivity contribution in [1.29, 1.82) is 0 Å². The smallest absolute Gasteiger partial charge is 0.322 e. The molecule has 33 heavy (non-hydrogen) atoms. The van der Waals surface area contributed by atoms with Gasteiger partial charge < -0.3 is 10.6 Å². The van der Waals surface area contributed by atoms with Gasteiger partial charge in [-0.25, -0.2) is 4.68 Å². The lowest BCUT2D eigenvalue weighted by molar-refractivity contribution is -0.137. The molecule has 3 aromatic carbocycles. The van der Waals surface area contributed by atoms with Gasteiger partial charge in [0.25, 0.3) is 11.8 Å². The van der Waals surface area contributed by atoms with Gasteiger partial charge in [-0.05, 0) is 48.5 Å². The van der Waals surface area contributed by atoms with E-state index in [9.17, 15) is 22.8 Å². The summed E-state index contributed by atoms with van der Waals surface area (Å²) in [7, 11) is 0. The number of amides is 2. The predicted octanol–water partition coefficient (Wildman–Crippen LogP) is 4.79. The van der Waals surface area contributed by atoms with Crippen LogP contribution in [0.15, 0.2) is 85.1 Å². The highest BCUT2D eigenvalue weighted by molar-refractivity contribution is 6.06. The molecule has 0 spiro atoms. The van der Waals surface area contributed by atoms with Crippen molar-refractivity contribution in [2.75, 3.05) is 10.6 Å². The highest BCUT2D eigenvalue weighted by Gasteiger charge is 2.30. The summed E-state index contributed by atoms with van der Waals surface area (Å²) < 4.78 is 40.1. The molecule has 0 saturated carbocycles. The van der Waals surface area contributed by atoms with Gasteiger partial charge in [0.15, 0.2) is 5.69 Å². The van der Waals surface area contributed by atoms with E-state index in [1.165, 1.54) is 41.2 Å². The molecule has 2 amide bonds. The van der Waals surface area contributed by atoms with Crippen LogP contribution in [0.4, 0.5) is 24.5 Å². The summed E-state index contributed by atoms with van der Waals surface area (Å²) in [4.78, 5) is 25.0. The number of benzene rings is 3. The van der Waals surface area contributed by atoms with E-state index in [1.807, 2.05) is 30.3 Å². The second-order valence-electron chi connectivity index (χ2n) is 6.95. The van der Waals surface area contributed by atoms with E-state index < -0.39 is 23.6 Å². The van der Waals surface area contributed by atoms with Gasteiger partial charge in [0.05, 0.1) is 17.4 Å². The molecule has 7 nitrogen and oxygen atoms in total. The molecule has 10 heteroatoms. The SMILES string of the molecule is O=C(Nc1cccc(C(F)(F)F)c1)c1cccc(NC(=O)c2cn(-c3ccccc3)nn2)c1. The highest BCUT2D eigenvalue weighted by Crippen LogP contribution is 2.30. The van der Waals surface area contributed by atoms with Gasteiger partial charge in [-0.3, -0.25) is 9.59 Å². The van der Waals surface area contributed by atoms with Crippen molar-refractivity contribution in [2.45, 2.75) is 6.18 Å². The van der Waals surface area contributed by atoms with Crippen LogP contribution in [0, 0.1) is 0 Å². The maximum Gasteiger partial charge on any atom is 0.416 e. The molecular weight excluding hydrogens is 435 g/mol. The van der Waals surface area contributed by atoms with Crippen LogP contribution in [0.3, 0.4) is 0 Å². The molecule has 0 aliphatic rings. The minimum atomic E-state index is -4.52. The maximum absolute atomic E-state index is 12.9. The lowest BCUT2D eigenvalue weighted by Crippen LogP contribution is -2.15. The summed E-state index contributed by atoms with van der Waals surface area (Å²) in [6.07, 6.45) is -3.05. The number of nitrogens with one attached hydrogen (secondary N) is 2. The average Bonchev–Trinajstić information content (AvgIpc) is 3.30. The van der Waals surface area contributed by atoms with E-state index in [4.69, 9.17) is 0 Å². The fourth-order valence-electron chi connectivity index (χ4n) is 2.98. The third kappa shape index (κ3) is 5.24. The standard InChI is InChI=1S/C23H16F3N5O2/c24-23(25,26)16-7-5-9-18(13-16)27-21(32)15-6-4-8-17(12-15)28-22(33)20-14-31(30-29-20)19-10-2-1-3-11-19/h1-14H,(H,27,32)(H,28,33). The van der Waals surface area contributed by atoms with Crippen LogP contribution < -0.4 is 10.6 Å². The molecule has 0 unspecified atom stereocenters. The molecule has 166 valence electrons. The molecule has 1 aromatic heterocycles. The van der Waals surface area contributed by atoms with Crippen molar-refractivity contribution >= 4 is 23.2 Å². The third-order valence-corrected chi connectivity index (χ3v) is 4.58. The van der Waals surface area contributed by atoms with Crippen LogP contribution in [0.1, 0.15) is 26.4 Å². The molecule has 0 atom stereocenters. The molecule has 4 aromatic rings. The van der Waals surface area contributed by atoms with Gasteiger partial charge in [-0.15, -0.1) is 5.10 Å². The molecule has 4 rings (SSSR count). The first kappa shape index (κ1) is 21.8. The monoisotopic (exact) mass is 451 g/mol. The first-order valence-electron chi connectivity index (χ1n) is 9.67. The lowest BCUT2D eigenvalue weighted by Gasteiger charge is -2.10. The van der Waals surface area contributed by atoms with Crippen molar-refractivity contribution in [3.63, 3.8) is 0 Å². The fraction of sp³-hybridized carbons (Fsp3) is 0.0435. The lowest BCUT2D eigenvalue weighted by atomic mass is 10.1. The van der Waals surface area contributed by atoms with Crippen LogP contribution in [0.25, 0.3) is 5.69 Å². The summed E-state index contributed by atoms with van der Waals surface area (Å²) in [6.45, 7) is 0. The molecule has 2 N–H and O–H groups in total. The Morgan fingerprint density at radius 2 is 1.45 bits per heavy atom. The minimum absolute atomic E-state index is 0.00166. The van der Waals surface area contributed by atoms with Gasteiger partial charge in [-0.2, -0.15) is 13.2 Å². The number of aromatic nitrogens is 3. The first-order chi connectivity index (χ1) is 15.8. The number of carbonyl (C=O) groups is 2. The van der Waals surface area contributed by atoms with Crippen molar-refractivity contribution in [1.82, 2.24) is 15.0 Å². The zero-order chi connectivity index (χ0) is 23.4. The summed E-state index contributed by atoms with van der Waals surface area (Å²) in [6, 6.07) is 19.4. The summed E-state index contributed by atoms with van der Waals surface area (Å²) in [5.41, 5.74) is 0.394. The second-order valence-corrected chi connectivity index (χ2v) is 6.95. The third-order valence-electron chi connectivity index (χ3n) is 4.58. The van der Waals surface area contributed by atoms with E-state index in [0.717, 1.165) is 17.8 Å². The van der Waals surface area contributed by atoms with Gasteiger partial charge in [0.1, 0.15) is 0 Å². The molecule has 0 aliphatic heterocycles. The number of anilines is 2. The Bertz CT molecular complexity index is 1300. The van der Waals surface area contributed by atoms with E-state index in [1.54, 1.807) is 6.07 Å². The number of rotatable bonds is 5. The van der Waals surface area contributed by atoms with Crippen molar-refractivity contribution in [3.8, 4) is 5.69 Å². The van der Waals surface area contributed by atoms with Crippen LogP contribution in [-0.2, 0) is 6.18 Å². The minimum Gasteiger partial charge on any atom is -0.322 e. The van der Waals surface area contributed by atoms with E-state index in [-0.39, 0.29) is 16.9 Å². The molecule has 1 heterocycles. The quantitative estimate of drug-likeness (QED) is 0.457. The molecule has 0 aliphatic carbocycles. The average molecular weight is 451 g/mol. The highest BCUT2D eigenvalue weighted by atomic mass is 19.4. The Morgan fingerprint density at radius 1 is 0.788 bits per heavy atom. The van der Waals surface area contributed by atoms with Crippen LogP contribution in [-0.4, -0.2) is 26.8 Å². The Hall–Kier alpha value is -4.47. The van der Waals surface area contributed by atoms with Gasteiger partial charge >= 0.3 is 6.18 Å². The number of para-hydroxylation sites is 1. The van der Waals surface area contributed by atoms with Crippen LogP contribution >= 0.6 is 0 Å². The number of hydrogen-bond acceptors (Lipinski definition) is 4. The van der Waals surface area contributed by atoms with E-state index >= 15 is 0 Å². The van der Waals surface area contributed by atoms with Crippen molar-refractivity contribution < 1.29 is 22.8 Å². The molecule has 0 saturated heterocycles. The normalized spacial score (nSPS) is 11.1. The van der Waals surface area contributed by atoms with Gasteiger partial charge in [0, 0.05) is 16.9 Å². The topological polar surface area (TPSA) is 88.9 Å². The Labute approximate surface area is 185 Å². The Morgan fingerprint density at radius 3 is 2.18 bits per heavy atom. The maximum atomic E-state index is 12.9. The second kappa shape index (κ2) is 8.95. The van der Waals surface area contributed by atoms with Gasteiger partial charge in [0.2, 0.25) is 0 Å². The first-order valence-corrected chi connectivity index (χ1v) is 9.67. The molecule has 0 radical (unpaired) electrons. The van der Waals surface area contributed by atoms with Crippen LogP contribution in [0.5, 0.6) is 0 Å². The Balaban J connectivity index is 1.45. The van der Waals surface area contributed by atoms with Gasteiger partial charge in [-0.1, -0.05) is 35.5 Å². The van der Waals surface area contributed by atoms with E-state index in [0.29, 0.717) is 5.69 Å². The fourth-order valence-corrected chi connectivity index (χ4v) is 2.98. The predicted molar refractivity (Wildman–Crippen MR) is 115 cm³/mol. The summed E-state index contributed by atoms with van der Waals surface area (Å²) in [5.74, 6) is -1.16. The molecular formula is C23H16F3N5O2. The summed E-state index contributed by atoms with van der Waals surface area (Å²) >= 11 is 0. The van der Waals surface area contributed by atoms with Crippen molar-refractivity contribution in [3.05, 3.63) is 102 Å². The number of carbonyl (C=O) groups excluding carboxylic acids is 2. The van der Waals surface area contributed by atoms with E-state index in [2.05, 4.69) is 20.9 Å². The number of nitrogens with zero attached hydrogens (tertiary/aromatic N) is 3. The van der Waals surface area contributed by atoms with Crippen molar-refractivity contribution in [2.24, 2.45) is 0 Å². The number of alkyl halides is 3. The zero-order valence-electron chi connectivity index (χ0n) is 16.9. The molecule has 0 bridgehead atoms. The molecule has 0 fully saturated rings.